The maximum atomic E-state index is 9.69. The largest absolute Gasteiger partial charge is 0.491 e. The van der Waals surface area contributed by atoms with Crippen LogP contribution in [-0.4, -0.2) is 17.1 Å². The highest BCUT2D eigenvalue weighted by atomic mass is 35.5. The van der Waals surface area contributed by atoms with E-state index in [0.29, 0.717) is 11.8 Å². The van der Waals surface area contributed by atoms with Crippen LogP contribution in [0.15, 0.2) is 30.5 Å². The molecule has 19 heavy (non-hydrogen) atoms. The molecule has 3 rings (SSSR count). The predicted octanol–water partition coefficient (Wildman–Crippen LogP) is 2.00. The van der Waals surface area contributed by atoms with Gasteiger partial charge in [0.25, 0.3) is 0 Å². The zero-order chi connectivity index (χ0) is 13.4. The van der Waals surface area contributed by atoms with Crippen molar-refractivity contribution in [3.05, 3.63) is 46.7 Å². The summed E-state index contributed by atoms with van der Waals surface area (Å²) in [5, 5.41) is 13.4. The van der Waals surface area contributed by atoms with E-state index >= 15 is 0 Å². The number of hydrogen-bond donors (Lipinski definition) is 2. The van der Waals surface area contributed by atoms with E-state index in [4.69, 9.17) is 16.3 Å². The van der Waals surface area contributed by atoms with E-state index in [2.05, 4.69) is 10.3 Å². The maximum Gasteiger partial charge on any atom is 0.491 e. The zero-order valence-corrected chi connectivity index (χ0v) is 11.1. The molecule has 0 spiro atoms. The molecule has 0 radical (unpaired) electrons. The fraction of sp³-hybridized carbons (Fsp3) is 0.154. The molecule has 1 aromatic heterocycles. The number of anilines is 2. The molecule has 0 saturated heterocycles. The van der Waals surface area contributed by atoms with Gasteiger partial charge in [-0.3, -0.25) is 0 Å². The van der Waals surface area contributed by atoms with Crippen molar-refractivity contribution in [1.29, 1.82) is 0 Å². The van der Waals surface area contributed by atoms with E-state index < -0.39 is 7.12 Å². The molecule has 2 heterocycles. The quantitative estimate of drug-likeness (QED) is 0.650. The molecule has 0 bridgehead atoms. The van der Waals surface area contributed by atoms with Crippen molar-refractivity contribution in [2.75, 3.05) is 5.32 Å². The summed E-state index contributed by atoms with van der Waals surface area (Å²) in [6, 6.07) is 7.57. The highest BCUT2D eigenvalue weighted by molar-refractivity contribution is 6.61. The first kappa shape index (κ1) is 12.5. The summed E-state index contributed by atoms with van der Waals surface area (Å²) in [5.74, 6) is 0. The van der Waals surface area contributed by atoms with Gasteiger partial charge in [-0.15, -0.1) is 0 Å². The Morgan fingerprint density at radius 3 is 3.11 bits per heavy atom. The Balaban J connectivity index is 1.92. The summed E-state index contributed by atoms with van der Waals surface area (Å²) in [7, 11) is -0.834. The third-order valence-electron chi connectivity index (χ3n) is 3.16. The second-order valence-corrected chi connectivity index (χ2v) is 4.91. The first-order valence-corrected chi connectivity index (χ1v) is 6.33. The minimum Gasteiger partial charge on any atom is -0.423 e. The van der Waals surface area contributed by atoms with Gasteiger partial charge in [-0.1, -0.05) is 17.7 Å². The van der Waals surface area contributed by atoms with Gasteiger partial charge in [0.15, 0.2) is 0 Å². The average Bonchev–Trinajstić information content (AvgIpc) is 2.76. The van der Waals surface area contributed by atoms with Crippen LogP contribution in [0, 0.1) is 6.92 Å². The van der Waals surface area contributed by atoms with Crippen molar-refractivity contribution in [3.8, 4) is 0 Å². The van der Waals surface area contributed by atoms with Crippen LogP contribution in [-0.2, 0) is 11.3 Å². The Labute approximate surface area is 116 Å². The first-order chi connectivity index (χ1) is 9.13. The van der Waals surface area contributed by atoms with Crippen LogP contribution in [0.25, 0.3) is 0 Å². The average molecular weight is 275 g/mol. The third-order valence-corrected chi connectivity index (χ3v) is 3.36. The number of nitrogens with zero attached hydrogens (tertiary/aromatic N) is 1. The van der Waals surface area contributed by atoms with Gasteiger partial charge >= 0.3 is 7.12 Å². The monoisotopic (exact) mass is 274 g/mol. The van der Waals surface area contributed by atoms with E-state index in [1.165, 1.54) is 0 Å². The lowest BCUT2D eigenvalue weighted by Gasteiger charge is -2.11. The maximum absolute atomic E-state index is 9.69. The summed E-state index contributed by atoms with van der Waals surface area (Å²) in [6.07, 6.45) is 1.72. The van der Waals surface area contributed by atoms with E-state index in [1.54, 1.807) is 12.3 Å². The van der Waals surface area contributed by atoms with Crippen LogP contribution < -0.4 is 10.8 Å². The molecular formula is C13H12BClN2O2. The van der Waals surface area contributed by atoms with Gasteiger partial charge in [-0.2, -0.15) is 0 Å². The lowest BCUT2D eigenvalue weighted by atomic mass is 9.79. The van der Waals surface area contributed by atoms with Gasteiger partial charge in [0.1, 0.15) is 5.15 Å². The summed E-state index contributed by atoms with van der Waals surface area (Å²) in [4.78, 5) is 4.02. The van der Waals surface area contributed by atoms with Gasteiger partial charge in [0.05, 0.1) is 6.61 Å². The number of hydrogen-bond acceptors (Lipinski definition) is 4. The number of nitrogens with one attached hydrogen (secondary N) is 1. The van der Waals surface area contributed by atoms with Crippen LogP contribution in [0.5, 0.6) is 0 Å². The molecule has 1 aromatic carbocycles. The number of benzene rings is 1. The number of aryl methyl sites for hydroxylation is 1. The highest BCUT2D eigenvalue weighted by Gasteiger charge is 2.27. The smallest absolute Gasteiger partial charge is 0.423 e. The van der Waals surface area contributed by atoms with Gasteiger partial charge in [0, 0.05) is 17.6 Å². The topological polar surface area (TPSA) is 54.4 Å². The Bertz CT molecular complexity index is 636. The van der Waals surface area contributed by atoms with Crippen LogP contribution in [0.4, 0.5) is 11.4 Å². The van der Waals surface area contributed by atoms with Gasteiger partial charge in [0.2, 0.25) is 0 Å². The molecule has 1 aliphatic rings. The molecule has 1 aliphatic heterocycles. The minimum atomic E-state index is -0.834. The van der Waals surface area contributed by atoms with Crippen molar-refractivity contribution in [1.82, 2.24) is 4.98 Å². The van der Waals surface area contributed by atoms with Crippen LogP contribution in [0.1, 0.15) is 11.1 Å². The second kappa shape index (κ2) is 4.85. The SMILES string of the molecule is Cc1cnc(Cl)cc1Nc1ccc2c(c1)B(O)OC2. The molecule has 0 unspecified atom stereocenters. The number of pyridine rings is 1. The van der Waals surface area contributed by atoms with Crippen molar-refractivity contribution < 1.29 is 9.68 Å². The van der Waals surface area contributed by atoms with Crippen LogP contribution >= 0.6 is 11.6 Å². The Hall–Kier alpha value is -1.56. The Morgan fingerprint density at radius 1 is 1.42 bits per heavy atom. The molecule has 0 amide bonds. The molecule has 2 aromatic rings. The normalized spacial score (nSPS) is 13.5. The van der Waals surface area contributed by atoms with Gasteiger partial charge in [-0.05, 0) is 41.7 Å². The van der Waals surface area contributed by atoms with Crippen molar-refractivity contribution in [2.24, 2.45) is 0 Å². The lowest BCUT2D eigenvalue weighted by molar-refractivity contribution is 0.275. The summed E-state index contributed by atoms with van der Waals surface area (Å²) < 4.78 is 5.17. The van der Waals surface area contributed by atoms with Crippen molar-refractivity contribution in [2.45, 2.75) is 13.5 Å². The lowest BCUT2D eigenvalue weighted by Crippen LogP contribution is -2.28. The molecular weight excluding hydrogens is 262 g/mol. The summed E-state index contributed by atoms with van der Waals surface area (Å²) in [6.45, 7) is 2.41. The molecule has 0 atom stereocenters. The minimum absolute atomic E-state index is 0.442. The second-order valence-electron chi connectivity index (χ2n) is 4.52. The molecule has 0 aliphatic carbocycles. The zero-order valence-electron chi connectivity index (χ0n) is 10.4. The number of aromatic nitrogens is 1. The molecule has 2 N–H and O–H groups in total. The van der Waals surface area contributed by atoms with Crippen LogP contribution in [0.2, 0.25) is 5.15 Å². The molecule has 0 saturated carbocycles. The van der Waals surface area contributed by atoms with E-state index in [9.17, 15) is 5.02 Å². The summed E-state index contributed by atoms with van der Waals surface area (Å²) >= 11 is 5.89. The molecule has 0 fully saturated rings. The van der Waals surface area contributed by atoms with E-state index in [1.807, 2.05) is 25.1 Å². The Morgan fingerprint density at radius 2 is 2.26 bits per heavy atom. The number of rotatable bonds is 2. The predicted molar refractivity (Wildman–Crippen MR) is 76.1 cm³/mol. The van der Waals surface area contributed by atoms with E-state index in [0.717, 1.165) is 28.0 Å². The number of halogens is 1. The standard InChI is InChI=1S/C13H12BClN2O2/c1-8-6-16-13(15)5-12(8)17-10-3-2-9-7-19-14(18)11(9)4-10/h2-6,18H,7H2,1H3,(H,16,17). The van der Waals surface area contributed by atoms with Crippen LogP contribution in [0.3, 0.4) is 0 Å². The van der Waals surface area contributed by atoms with E-state index in [-0.39, 0.29) is 0 Å². The van der Waals surface area contributed by atoms with Crippen molar-refractivity contribution in [3.63, 3.8) is 0 Å². The summed E-state index contributed by atoms with van der Waals surface area (Å²) in [5.41, 5.74) is 4.61. The Kier molecular flexibility index (Phi) is 3.18. The molecule has 4 nitrogen and oxygen atoms in total. The highest BCUT2D eigenvalue weighted by Crippen LogP contribution is 2.23. The number of fused-ring (bicyclic) bond motifs is 1. The first-order valence-electron chi connectivity index (χ1n) is 5.95. The van der Waals surface area contributed by atoms with Crippen molar-refractivity contribution >= 4 is 35.6 Å². The molecule has 96 valence electrons. The molecule has 6 heteroatoms. The third kappa shape index (κ3) is 2.45. The fourth-order valence-corrected chi connectivity index (χ4v) is 2.24. The van der Waals surface area contributed by atoms with Gasteiger partial charge < -0.3 is 15.0 Å². The fourth-order valence-electron chi connectivity index (χ4n) is 2.08. The van der Waals surface area contributed by atoms with Gasteiger partial charge in [-0.25, -0.2) is 4.98 Å².